The summed E-state index contributed by atoms with van der Waals surface area (Å²) in [7, 11) is -3.51. The first-order valence-corrected chi connectivity index (χ1v) is 7.61. The molecule has 0 saturated carbocycles. The van der Waals surface area contributed by atoms with Crippen LogP contribution >= 0.6 is 11.3 Å². The number of phenolic OH excluding ortho intramolecular Hbond substituents is 1. The second-order valence-electron chi connectivity index (χ2n) is 3.57. The number of benzene rings is 1. The predicted octanol–water partition coefficient (Wildman–Crippen LogP) is 1.37. The average molecular weight is 284 g/mol. The molecule has 0 atom stereocenters. The molecule has 96 valence electrons. The number of hydrogen-bond donors (Lipinski definition) is 2. The molecule has 0 fully saturated rings. The summed E-state index contributed by atoms with van der Waals surface area (Å²) in [5.74, 6) is 0.0386. The van der Waals surface area contributed by atoms with Crippen molar-refractivity contribution in [2.75, 3.05) is 6.54 Å². The number of aromatic hydroxyl groups is 1. The normalized spacial score (nSPS) is 11.6. The molecule has 1 aromatic heterocycles. The summed E-state index contributed by atoms with van der Waals surface area (Å²) in [6, 6.07) is 5.41. The Bertz CT molecular complexity index is 592. The van der Waals surface area contributed by atoms with Gasteiger partial charge in [-0.15, -0.1) is 11.3 Å². The lowest BCUT2D eigenvalue weighted by molar-refractivity contribution is 0.474. The van der Waals surface area contributed by atoms with E-state index in [0.29, 0.717) is 13.0 Å². The van der Waals surface area contributed by atoms with Crippen LogP contribution in [0.1, 0.15) is 5.01 Å². The van der Waals surface area contributed by atoms with Gasteiger partial charge in [0, 0.05) is 24.5 Å². The van der Waals surface area contributed by atoms with Crippen LogP contribution < -0.4 is 4.72 Å². The highest BCUT2D eigenvalue weighted by atomic mass is 32.2. The van der Waals surface area contributed by atoms with E-state index in [0.717, 1.165) is 5.01 Å². The summed E-state index contributed by atoms with van der Waals surface area (Å²) >= 11 is 1.49. The fourth-order valence-electron chi connectivity index (χ4n) is 1.38. The van der Waals surface area contributed by atoms with Crippen molar-refractivity contribution in [3.05, 3.63) is 40.8 Å². The zero-order valence-electron chi connectivity index (χ0n) is 9.41. The lowest BCUT2D eigenvalue weighted by Crippen LogP contribution is -2.25. The number of nitrogens with zero attached hydrogens (tertiary/aromatic N) is 1. The molecular formula is C11H12N2O3S2. The van der Waals surface area contributed by atoms with E-state index in [2.05, 4.69) is 9.71 Å². The minimum atomic E-state index is -3.51. The van der Waals surface area contributed by atoms with Gasteiger partial charge in [0.1, 0.15) is 5.75 Å². The zero-order chi connectivity index (χ0) is 13.0. The molecule has 0 spiro atoms. The maximum atomic E-state index is 11.9. The lowest BCUT2D eigenvalue weighted by atomic mass is 10.3. The van der Waals surface area contributed by atoms with Gasteiger partial charge in [0.25, 0.3) is 0 Å². The molecule has 2 aromatic rings. The van der Waals surface area contributed by atoms with Crippen LogP contribution in [-0.4, -0.2) is 25.1 Å². The van der Waals surface area contributed by atoms with Crippen LogP contribution in [0.5, 0.6) is 5.75 Å². The van der Waals surface area contributed by atoms with Crippen LogP contribution in [-0.2, 0) is 16.4 Å². The molecule has 1 aromatic carbocycles. The van der Waals surface area contributed by atoms with Gasteiger partial charge >= 0.3 is 0 Å². The first-order chi connectivity index (χ1) is 8.58. The maximum absolute atomic E-state index is 11.9. The quantitative estimate of drug-likeness (QED) is 0.869. The zero-order valence-corrected chi connectivity index (χ0v) is 11.0. The highest BCUT2D eigenvalue weighted by Gasteiger charge is 2.13. The molecule has 18 heavy (non-hydrogen) atoms. The van der Waals surface area contributed by atoms with Gasteiger partial charge in [0.05, 0.1) is 9.90 Å². The highest BCUT2D eigenvalue weighted by molar-refractivity contribution is 7.89. The number of nitrogens with one attached hydrogen (secondary N) is 1. The Morgan fingerprint density at radius 1 is 1.28 bits per heavy atom. The molecule has 0 radical (unpaired) electrons. The average Bonchev–Trinajstić information content (AvgIpc) is 2.82. The van der Waals surface area contributed by atoms with Gasteiger partial charge in [-0.05, 0) is 24.3 Å². The Kier molecular flexibility index (Phi) is 3.95. The predicted molar refractivity (Wildman–Crippen MR) is 69.1 cm³/mol. The van der Waals surface area contributed by atoms with Crippen molar-refractivity contribution in [3.63, 3.8) is 0 Å². The Morgan fingerprint density at radius 2 is 2.00 bits per heavy atom. The molecular weight excluding hydrogens is 272 g/mol. The van der Waals surface area contributed by atoms with E-state index in [1.807, 2.05) is 5.38 Å². The van der Waals surface area contributed by atoms with E-state index >= 15 is 0 Å². The molecule has 7 heteroatoms. The molecule has 0 bridgehead atoms. The molecule has 2 N–H and O–H groups in total. The Morgan fingerprint density at radius 3 is 2.61 bits per heavy atom. The van der Waals surface area contributed by atoms with Gasteiger partial charge in [-0.1, -0.05) is 0 Å². The van der Waals surface area contributed by atoms with Crippen LogP contribution in [0.2, 0.25) is 0 Å². The van der Waals surface area contributed by atoms with Crippen LogP contribution in [0.25, 0.3) is 0 Å². The molecule has 0 saturated heterocycles. The van der Waals surface area contributed by atoms with Gasteiger partial charge in [0.15, 0.2) is 0 Å². The van der Waals surface area contributed by atoms with Gasteiger partial charge in [-0.25, -0.2) is 18.1 Å². The van der Waals surface area contributed by atoms with Crippen molar-refractivity contribution in [3.8, 4) is 5.75 Å². The summed E-state index contributed by atoms with van der Waals surface area (Å²) in [6.07, 6.45) is 2.25. The fourth-order valence-corrected chi connectivity index (χ4v) is 3.03. The molecule has 1 heterocycles. The first kappa shape index (κ1) is 13.0. The van der Waals surface area contributed by atoms with E-state index < -0.39 is 10.0 Å². The monoisotopic (exact) mass is 284 g/mol. The van der Waals surface area contributed by atoms with Gasteiger partial charge in [0.2, 0.25) is 10.0 Å². The Labute approximate surface area is 109 Å². The summed E-state index contributed by atoms with van der Waals surface area (Å²) in [4.78, 5) is 4.21. The fraction of sp³-hybridized carbons (Fsp3) is 0.182. The van der Waals surface area contributed by atoms with E-state index in [4.69, 9.17) is 5.11 Å². The van der Waals surface area contributed by atoms with Crippen LogP contribution in [0.4, 0.5) is 0 Å². The number of aromatic nitrogens is 1. The van der Waals surface area contributed by atoms with Crippen LogP contribution in [0.15, 0.2) is 40.7 Å². The Balaban J connectivity index is 1.97. The maximum Gasteiger partial charge on any atom is 0.240 e. The van der Waals surface area contributed by atoms with Gasteiger partial charge < -0.3 is 5.11 Å². The lowest BCUT2D eigenvalue weighted by Gasteiger charge is -2.05. The summed E-state index contributed by atoms with van der Waals surface area (Å²) in [6.45, 7) is 0.302. The minimum Gasteiger partial charge on any atom is -0.508 e. The number of thiazole rings is 1. The largest absolute Gasteiger partial charge is 0.508 e. The van der Waals surface area contributed by atoms with E-state index in [1.54, 1.807) is 6.20 Å². The second-order valence-corrected chi connectivity index (χ2v) is 6.31. The molecule has 0 aliphatic rings. The standard InChI is InChI=1S/C11H12N2O3S2/c14-9-1-3-10(4-2-9)18(15,16)13-6-5-11-12-7-8-17-11/h1-4,7-8,13-14H,5-6H2. The Hall–Kier alpha value is -1.44. The van der Waals surface area contributed by atoms with Crippen molar-refractivity contribution in [2.45, 2.75) is 11.3 Å². The van der Waals surface area contributed by atoms with Crippen LogP contribution in [0.3, 0.4) is 0 Å². The molecule has 0 aliphatic heterocycles. The molecule has 0 aliphatic carbocycles. The number of sulfonamides is 1. The van der Waals surface area contributed by atoms with Crippen molar-refractivity contribution in [1.82, 2.24) is 9.71 Å². The third-order valence-electron chi connectivity index (χ3n) is 2.26. The van der Waals surface area contributed by atoms with Crippen molar-refractivity contribution in [1.29, 1.82) is 0 Å². The summed E-state index contributed by atoms with van der Waals surface area (Å²) < 4.78 is 26.2. The molecule has 5 nitrogen and oxygen atoms in total. The third-order valence-corrected chi connectivity index (χ3v) is 4.58. The molecule has 2 rings (SSSR count). The van der Waals surface area contributed by atoms with E-state index in [9.17, 15) is 8.42 Å². The van der Waals surface area contributed by atoms with Crippen LogP contribution in [0, 0.1) is 0 Å². The SMILES string of the molecule is O=S(=O)(NCCc1nccs1)c1ccc(O)cc1. The molecule has 0 unspecified atom stereocenters. The number of hydrogen-bond acceptors (Lipinski definition) is 5. The highest BCUT2D eigenvalue weighted by Crippen LogP contribution is 2.14. The summed E-state index contributed by atoms with van der Waals surface area (Å²) in [5, 5.41) is 11.8. The van der Waals surface area contributed by atoms with Gasteiger partial charge in [-0.3, -0.25) is 0 Å². The first-order valence-electron chi connectivity index (χ1n) is 5.25. The second kappa shape index (κ2) is 5.47. The van der Waals surface area contributed by atoms with Crippen molar-refractivity contribution >= 4 is 21.4 Å². The smallest absolute Gasteiger partial charge is 0.240 e. The van der Waals surface area contributed by atoms with Crippen molar-refractivity contribution in [2.24, 2.45) is 0 Å². The molecule has 0 amide bonds. The number of rotatable bonds is 5. The minimum absolute atomic E-state index is 0.0386. The van der Waals surface area contributed by atoms with Gasteiger partial charge in [-0.2, -0.15) is 0 Å². The number of phenols is 1. The third kappa shape index (κ3) is 3.28. The summed E-state index contributed by atoms with van der Waals surface area (Å²) in [5.41, 5.74) is 0. The van der Waals surface area contributed by atoms with Crippen molar-refractivity contribution < 1.29 is 13.5 Å². The van der Waals surface area contributed by atoms with E-state index in [1.165, 1.54) is 35.6 Å². The topological polar surface area (TPSA) is 79.3 Å². The van der Waals surface area contributed by atoms with E-state index in [-0.39, 0.29) is 10.6 Å².